The molecule has 0 radical (unpaired) electrons. The first kappa shape index (κ1) is 15.8. The van der Waals surface area contributed by atoms with Gasteiger partial charge in [0.1, 0.15) is 17.6 Å². The number of nitrogens with one attached hydrogen (secondary N) is 1. The Hall–Kier alpha value is -1.26. The van der Waals surface area contributed by atoms with Crippen LogP contribution in [0.15, 0.2) is 18.2 Å². The third-order valence-electron chi connectivity index (χ3n) is 3.19. The van der Waals surface area contributed by atoms with Crippen LogP contribution in [0.25, 0.3) is 0 Å². The van der Waals surface area contributed by atoms with Crippen molar-refractivity contribution in [3.05, 3.63) is 23.8 Å². The van der Waals surface area contributed by atoms with Crippen molar-refractivity contribution in [2.24, 2.45) is 0 Å². The summed E-state index contributed by atoms with van der Waals surface area (Å²) in [5.41, 5.74) is 1.06. The van der Waals surface area contributed by atoms with E-state index < -0.39 is 6.10 Å². The Morgan fingerprint density at radius 2 is 1.95 bits per heavy atom. The van der Waals surface area contributed by atoms with Crippen molar-refractivity contribution in [3.63, 3.8) is 0 Å². The van der Waals surface area contributed by atoms with E-state index in [1.54, 1.807) is 14.0 Å². The minimum Gasteiger partial charge on any atom is -0.497 e. The summed E-state index contributed by atoms with van der Waals surface area (Å²) in [6.45, 7) is 8.62. The number of hydrogen-bond donors (Lipinski definition) is 2. The van der Waals surface area contributed by atoms with Gasteiger partial charge in [0.05, 0.1) is 13.2 Å². The Balaban J connectivity index is 3.01. The minimum atomic E-state index is -0.520. The lowest BCUT2D eigenvalue weighted by Crippen LogP contribution is -2.27. The number of hydrogen-bond acceptors (Lipinski definition) is 4. The molecule has 1 aromatic rings. The van der Waals surface area contributed by atoms with Gasteiger partial charge in [0.25, 0.3) is 0 Å². The van der Waals surface area contributed by atoms with Crippen LogP contribution in [0, 0.1) is 0 Å². The molecule has 3 unspecified atom stereocenters. The molecule has 0 bridgehead atoms. The zero-order valence-corrected chi connectivity index (χ0v) is 12.4. The highest BCUT2D eigenvalue weighted by molar-refractivity contribution is 5.42. The fourth-order valence-corrected chi connectivity index (χ4v) is 1.82. The lowest BCUT2D eigenvalue weighted by Gasteiger charge is -2.23. The molecule has 4 nitrogen and oxygen atoms in total. The van der Waals surface area contributed by atoms with Crippen LogP contribution < -0.4 is 14.8 Å². The van der Waals surface area contributed by atoms with Crippen LogP contribution in [0.1, 0.15) is 39.3 Å². The van der Waals surface area contributed by atoms with Crippen molar-refractivity contribution in [2.75, 3.05) is 13.7 Å². The van der Waals surface area contributed by atoms with E-state index in [2.05, 4.69) is 19.2 Å². The van der Waals surface area contributed by atoms with Crippen molar-refractivity contribution >= 4 is 0 Å². The molecule has 1 rings (SSSR count). The van der Waals surface area contributed by atoms with E-state index in [-0.39, 0.29) is 12.1 Å². The number of benzene rings is 1. The molecule has 108 valence electrons. The quantitative estimate of drug-likeness (QED) is 0.797. The largest absolute Gasteiger partial charge is 0.497 e. The Bertz CT molecular complexity index is 393. The lowest BCUT2D eigenvalue weighted by atomic mass is 10.1. The molecule has 0 fully saturated rings. The van der Waals surface area contributed by atoms with E-state index in [4.69, 9.17) is 9.47 Å². The van der Waals surface area contributed by atoms with Crippen LogP contribution in [0.4, 0.5) is 0 Å². The maximum Gasteiger partial charge on any atom is 0.128 e. The van der Waals surface area contributed by atoms with Crippen LogP contribution in [-0.4, -0.2) is 31.0 Å². The summed E-state index contributed by atoms with van der Waals surface area (Å²) in [5.74, 6) is 1.50. The summed E-state index contributed by atoms with van der Waals surface area (Å²) in [6.07, 6.45) is -0.784. The van der Waals surface area contributed by atoms with Gasteiger partial charge < -0.3 is 19.9 Å². The number of aliphatic hydroxyl groups excluding tert-OH is 1. The van der Waals surface area contributed by atoms with Crippen molar-refractivity contribution in [2.45, 2.75) is 45.9 Å². The number of methoxy groups -OCH3 is 1. The molecular weight excluding hydrogens is 242 g/mol. The van der Waals surface area contributed by atoms with Gasteiger partial charge in [0.2, 0.25) is 0 Å². The normalized spacial score (nSPS) is 15.7. The first-order chi connectivity index (χ1) is 8.99. The van der Waals surface area contributed by atoms with Crippen LogP contribution in [0.2, 0.25) is 0 Å². The van der Waals surface area contributed by atoms with Crippen LogP contribution in [-0.2, 0) is 0 Å². The molecule has 3 atom stereocenters. The Morgan fingerprint density at radius 3 is 2.47 bits per heavy atom. The van der Waals surface area contributed by atoms with Gasteiger partial charge >= 0.3 is 0 Å². The highest BCUT2D eigenvalue weighted by atomic mass is 16.5. The molecule has 0 saturated heterocycles. The summed E-state index contributed by atoms with van der Waals surface area (Å²) < 4.78 is 11.1. The topological polar surface area (TPSA) is 50.7 Å². The van der Waals surface area contributed by atoms with Gasteiger partial charge in [-0.25, -0.2) is 0 Å². The minimum absolute atomic E-state index is 0.187. The number of rotatable bonds is 7. The molecule has 2 N–H and O–H groups in total. The molecule has 19 heavy (non-hydrogen) atoms. The number of ether oxygens (including phenoxy) is 2. The van der Waals surface area contributed by atoms with E-state index in [1.807, 2.05) is 25.1 Å². The second kappa shape index (κ2) is 7.36. The number of aliphatic hydroxyl groups is 1. The van der Waals surface area contributed by atoms with Crippen LogP contribution in [0.5, 0.6) is 11.5 Å². The van der Waals surface area contributed by atoms with E-state index in [9.17, 15) is 5.11 Å². The van der Waals surface area contributed by atoms with E-state index in [1.165, 1.54) is 0 Å². The molecule has 1 aromatic carbocycles. The van der Waals surface area contributed by atoms with Gasteiger partial charge in [-0.15, -0.1) is 0 Å². The van der Waals surface area contributed by atoms with Gasteiger partial charge in [-0.05, 0) is 33.4 Å². The zero-order chi connectivity index (χ0) is 14.4. The molecule has 0 aromatic heterocycles. The molecule has 0 spiro atoms. The third-order valence-corrected chi connectivity index (χ3v) is 3.19. The van der Waals surface area contributed by atoms with Gasteiger partial charge in [0, 0.05) is 17.7 Å². The van der Waals surface area contributed by atoms with E-state index in [0.717, 1.165) is 23.6 Å². The Morgan fingerprint density at radius 1 is 1.26 bits per heavy atom. The first-order valence-electron chi connectivity index (χ1n) is 6.75. The van der Waals surface area contributed by atoms with Crippen molar-refractivity contribution < 1.29 is 14.6 Å². The average molecular weight is 267 g/mol. The average Bonchev–Trinajstić information content (AvgIpc) is 2.38. The van der Waals surface area contributed by atoms with Gasteiger partial charge in [-0.3, -0.25) is 0 Å². The zero-order valence-electron chi connectivity index (χ0n) is 12.4. The molecular formula is C15H25NO3. The summed E-state index contributed by atoms with van der Waals surface area (Å²) in [5, 5.41) is 12.9. The van der Waals surface area contributed by atoms with E-state index in [0.29, 0.717) is 0 Å². The monoisotopic (exact) mass is 267 g/mol. The fraction of sp³-hybridized carbons (Fsp3) is 0.600. The Kier molecular flexibility index (Phi) is 6.12. The fourth-order valence-electron chi connectivity index (χ4n) is 1.82. The summed E-state index contributed by atoms with van der Waals surface area (Å²) in [6, 6.07) is 5.97. The molecule has 0 saturated carbocycles. The van der Waals surface area contributed by atoms with Gasteiger partial charge in [0.15, 0.2) is 0 Å². The Labute approximate surface area is 115 Å². The standard InChI is InChI=1S/C15H25NO3/c1-6-16-10(2)14-8-7-13(18-5)9-15(14)19-12(4)11(3)17/h7-12,16-17H,6H2,1-5H3. The highest BCUT2D eigenvalue weighted by Gasteiger charge is 2.16. The molecule has 0 aliphatic heterocycles. The molecule has 4 heteroatoms. The molecule has 0 heterocycles. The van der Waals surface area contributed by atoms with Crippen molar-refractivity contribution in [1.29, 1.82) is 0 Å². The van der Waals surface area contributed by atoms with Gasteiger partial charge in [-0.2, -0.15) is 0 Å². The maximum atomic E-state index is 9.57. The predicted molar refractivity (Wildman–Crippen MR) is 76.9 cm³/mol. The highest BCUT2D eigenvalue weighted by Crippen LogP contribution is 2.30. The van der Waals surface area contributed by atoms with Crippen molar-refractivity contribution in [1.82, 2.24) is 5.32 Å². The second-order valence-corrected chi connectivity index (χ2v) is 4.75. The van der Waals surface area contributed by atoms with Crippen molar-refractivity contribution in [3.8, 4) is 11.5 Å². The third kappa shape index (κ3) is 4.40. The predicted octanol–water partition coefficient (Wildman–Crippen LogP) is 2.51. The lowest BCUT2D eigenvalue weighted by molar-refractivity contribution is 0.0593. The second-order valence-electron chi connectivity index (χ2n) is 4.75. The van der Waals surface area contributed by atoms with E-state index >= 15 is 0 Å². The first-order valence-corrected chi connectivity index (χ1v) is 6.75. The van der Waals surface area contributed by atoms with Crippen LogP contribution in [0.3, 0.4) is 0 Å². The molecule has 0 aliphatic rings. The summed E-state index contributed by atoms with van der Waals surface area (Å²) in [7, 11) is 1.63. The van der Waals surface area contributed by atoms with Gasteiger partial charge in [-0.1, -0.05) is 13.0 Å². The maximum absolute atomic E-state index is 9.57. The molecule has 0 aliphatic carbocycles. The molecule has 0 amide bonds. The smallest absolute Gasteiger partial charge is 0.128 e. The summed E-state index contributed by atoms with van der Waals surface area (Å²) >= 11 is 0. The van der Waals surface area contributed by atoms with Crippen LogP contribution >= 0.6 is 0 Å². The SMILES string of the molecule is CCNC(C)c1ccc(OC)cc1OC(C)C(C)O. The summed E-state index contributed by atoms with van der Waals surface area (Å²) in [4.78, 5) is 0.